The molecule has 3 N–H and O–H groups in total. The number of oxime groups is 1. The first-order valence-electron chi connectivity index (χ1n) is 4.30. The standard InChI is InChI=1S/C10H14N2O2/c1-6-4-7(2)9(8(3)5-6)10(11-13)12-14/h4-5,13-14H,1-3H3,(H,11,12). The Balaban J connectivity index is 3.34. The molecule has 0 aliphatic rings. The summed E-state index contributed by atoms with van der Waals surface area (Å²) >= 11 is 0. The number of hydrogen-bond acceptors (Lipinski definition) is 3. The highest BCUT2D eigenvalue weighted by molar-refractivity contribution is 6.00. The van der Waals surface area contributed by atoms with Crippen LogP contribution in [-0.4, -0.2) is 16.3 Å². The van der Waals surface area contributed by atoms with Crippen LogP contribution in [0.15, 0.2) is 17.3 Å². The van der Waals surface area contributed by atoms with Crippen LogP contribution in [0.1, 0.15) is 22.3 Å². The second-order valence-corrected chi connectivity index (χ2v) is 3.33. The molecule has 0 saturated heterocycles. The molecule has 0 aliphatic heterocycles. The third kappa shape index (κ3) is 1.85. The van der Waals surface area contributed by atoms with Gasteiger partial charge in [-0.15, -0.1) is 0 Å². The van der Waals surface area contributed by atoms with Crippen molar-refractivity contribution in [3.05, 3.63) is 34.4 Å². The van der Waals surface area contributed by atoms with Gasteiger partial charge in [-0.3, -0.25) is 5.21 Å². The molecule has 0 fully saturated rings. The number of benzene rings is 1. The fourth-order valence-corrected chi connectivity index (χ4v) is 1.68. The van der Waals surface area contributed by atoms with Crippen LogP contribution in [0.2, 0.25) is 0 Å². The van der Waals surface area contributed by atoms with Gasteiger partial charge in [-0.25, -0.2) is 5.48 Å². The number of aryl methyl sites for hydroxylation is 3. The molecule has 1 rings (SSSR count). The lowest BCUT2D eigenvalue weighted by Crippen LogP contribution is -2.22. The highest BCUT2D eigenvalue weighted by Crippen LogP contribution is 2.16. The van der Waals surface area contributed by atoms with E-state index in [4.69, 9.17) is 10.4 Å². The van der Waals surface area contributed by atoms with E-state index in [0.29, 0.717) is 0 Å². The third-order valence-electron chi connectivity index (χ3n) is 2.12. The van der Waals surface area contributed by atoms with Gasteiger partial charge < -0.3 is 5.21 Å². The summed E-state index contributed by atoms with van der Waals surface area (Å²) < 4.78 is 0. The molecule has 0 spiro atoms. The van der Waals surface area contributed by atoms with E-state index in [1.165, 1.54) is 0 Å². The Labute approximate surface area is 82.8 Å². The van der Waals surface area contributed by atoms with Gasteiger partial charge in [-0.2, -0.15) is 0 Å². The van der Waals surface area contributed by atoms with E-state index in [0.717, 1.165) is 22.3 Å². The number of hydroxylamine groups is 1. The molecule has 4 nitrogen and oxygen atoms in total. The van der Waals surface area contributed by atoms with Crippen LogP contribution in [0.5, 0.6) is 0 Å². The minimum atomic E-state index is 0.0694. The van der Waals surface area contributed by atoms with E-state index < -0.39 is 0 Å². The smallest absolute Gasteiger partial charge is 0.196 e. The fraction of sp³-hybridized carbons (Fsp3) is 0.300. The molecule has 0 radical (unpaired) electrons. The predicted molar refractivity (Wildman–Crippen MR) is 53.9 cm³/mol. The molecular formula is C10H14N2O2. The topological polar surface area (TPSA) is 64.9 Å². The zero-order valence-electron chi connectivity index (χ0n) is 8.50. The van der Waals surface area contributed by atoms with Gasteiger partial charge in [0.05, 0.1) is 0 Å². The molecule has 0 amide bonds. The number of nitrogens with zero attached hydrogens (tertiary/aromatic N) is 1. The fourth-order valence-electron chi connectivity index (χ4n) is 1.68. The van der Waals surface area contributed by atoms with Crippen molar-refractivity contribution in [2.75, 3.05) is 0 Å². The highest BCUT2D eigenvalue weighted by Gasteiger charge is 2.10. The molecule has 1 aromatic carbocycles. The lowest BCUT2D eigenvalue weighted by molar-refractivity contribution is 0.223. The van der Waals surface area contributed by atoms with Crippen molar-refractivity contribution in [1.82, 2.24) is 5.48 Å². The van der Waals surface area contributed by atoms with Gasteiger partial charge in [0, 0.05) is 5.56 Å². The van der Waals surface area contributed by atoms with Crippen LogP contribution in [0.3, 0.4) is 0 Å². The van der Waals surface area contributed by atoms with Crippen LogP contribution in [0.25, 0.3) is 0 Å². The first-order chi connectivity index (χ1) is 6.60. The lowest BCUT2D eigenvalue weighted by atomic mass is 9.99. The van der Waals surface area contributed by atoms with E-state index in [9.17, 15) is 0 Å². The normalized spacial score (nSPS) is 11.6. The Morgan fingerprint density at radius 2 is 1.71 bits per heavy atom. The van der Waals surface area contributed by atoms with E-state index >= 15 is 0 Å². The minimum absolute atomic E-state index is 0.0694. The zero-order chi connectivity index (χ0) is 10.7. The van der Waals surface area contributed by atoms with E-state index in [1.54, 1.807) is 0 Å². The summed E-state index contributed by atoms with van der Waals surface area (Å²) in [6.07, 6.45) is 0. The van der Waals surface area contributed by atoms with Crippen LogP contribution >= 0.6 is 0 Å². The molecule has 76 valence electrons. The average molecular weight is 194 g/mol. The maximum Gasteiger partial charge on any atom is 0.196 e. The summed E-state index contributed by atoms with van der Waals surface area (Å²) in [5, 5.41) is 20.4. The number of rotatable bonds is 1. The number of amidine groups is 1. The first-order valence-corrected chi connectivity index (χ1v) is 4.30. The van der Waals surface area contributed by atoms with Crippen molar-refractivity contribution in [1.29, 1.82) is 0 Å². The largest absolute Gasteiger partial charge is 0.409 e. The number of hydrogen-bond donors (Lipinski definition) is 3. The Bertz CT molecular complexity index is 349. The summed E-state index contributed by atoms with van der Waals surface area (Å²) in [5.74, 6) is 0.0694. The van der Waals surface area contributed by atoms with Crippen LogP contribution in [-0.2, 0) is 0 Å². The average Bonchev–Trinajstić information content (AvgIpc) is 2.10. The molecule has 14 heavy (non-hydrogen) atoms. The molecule has 0 aliphatic carbocycles. The molecule has 0 atom stereocenters. The van der Waals surface area contributed by atoms with Gasteiger partial charge >= 0.3 is 0 Å². The molecule has 0 saturated carbocycles. The van der Waals surface area contributed by atoms with E-state index in [1.807, 2.05) is 38.4 Å². The Hall–Kier alpha value is -1.55. The van der Waals surface area contributed by atoms with Crippen molar-refractivity contribution in [2.45, 2.75) is 20.8 Å². The van der Waals surface area contributed by atoms with Crippen molar-refractivity contribution < 1.29 is 10.4 Å². The SMILES string of the molecule is Cc1cc(C)c(C(=NO)NO)c(C)c1. The molecule has 4 heteroatoms. The van der Waals surface area contributed by atoms with Gasteiger partial charge in [0.1, 0.15) is 0 Å². The maximum atomic E-state index is 8.76. The number of nitrogens with one attached hydrogen (secondary N) is 1. The van der Waals surface area contributed by atoms with Crippen molar-refractivity contribution >= 4 is 5.84 Å². The molecule has 1 aromatic rings. The Morgan fingerprint density at radius 3 is 2.07 bits per heavy atom. The van der Waals surface area contributed by atoms with Gasteiger partial charge in [0.2, 0.25) is 0 Å². The van der Waals surface area contributed by atoms with Gasteiger partial charge in [0.15, 0.2) is 5.84 Å². The van der Waals surface area contributed by atoms with Crippen molar-refractivity contribution in [3.8, 4) is 0 Å². The summed E-state index contributed by atoms with van der Waals surface area (Å²) in [5.41, 5.74) is 5.64. The third-order valence-corrected chi connectivity index (χ3v) is 2.12. The van der Waals surface area contributed by atoms with Crippen LogP contribution < -0.4 is 5.48 Å². The second-order valence-electron chi connectivity index (χ2n) is 3.33. The van der Waals surface area contributed by atoms with Gasteiger partial charge in [0.25, 0.3) is 0 Å². The zero-order valence-corrected chi connectivity index (χ0v) is 8.50. The summed E-state index contributed by atoms with van der Waals surface area (Å²) in [6.45, 7) is 5.79. The summed E-state index contributed by atoms with van der Waals surface area (Å²) in [4.78, 5) is 0. The van der Waals surface area contributed by atoms with Gasteiger partial charge in [-0.05, 0) is 31.9 Å². The van der Waals surface area contributed by atoms with E-state index in [-0.39, 0.29) is 5.84 Å². The van der Waals surface area contributed by atoms with Crippen molar-refractivity contribution in [3.63, 3.8) is 0 Å². The minimum Gasteiger partial charge on any atom is -0.409 e. The molecule has 0 aromatic heterocycles. The second kappa shape index (κ2) is 4.11. The van der Waals surface area contributed by atoms with Crippen LogP contribution in [0, 0.1) is 20.8 Å². The molecule has 0 unspecified atom stereocenters. The summed E-state index contributed by atoms with van der Waals surface area (Å²) in [7, 11) is 0. The predicted octanol–water partition coefficient (Wildman–Crippen LogP) is 1.73. The highest BCUT2D eigenvalue weighted by atomic mass is 16.5. The lowest BCUT2D eigenvalue weighted by Gasteiger charge is -2.10. The monoisotopic (exact) mass is 194 g/mol. The molecular weight excluding hydrogens is 180 g/mol. The molecule has 0 heterocycles. The van der Waals surface area contributed by atoms with Crippen molar-refractivity contribution in [2.24, 2.45) is 5.16 Å². The quantitative estimate of drug-likeness (QED) is 0.276. The maximum absolute atomic E-state index is 8.76. The van der Waals surface area contributed by atoms with Gasteiger partial charge in [-0.1, -0.05) is 22.9 Å². The Morgan fingerprint density at radius 1 is 1.21 bits per heavy atom. The first kappa shape index (κ1) is 10.5. The van der Waals surface area contributed by atoms with Crippen LogP contribution in [0.4, 0.5) is 0 Å². The van der Waals surface area contributed by atoms with E-state index in [2.05, 4.69) is 5.16 Å². The summed E-state index contributed by atoms with van der Waals surface area (Å²) in [6, 6.07) is 3.93. The molecule has 0 bridgehead atoms. The Kier molecular flexibility index (Phi) is 3.09.